The number of amides is 8. The number of sulfonamides is 5. The number of urea groups is 3. The summed E-state index contributed by atoms with van der Waals surface area (Å²) in [5, 5.41) is 28.2. The van der Waals surface area contributed by atoms with Gasteiger partial charge in [0.05, 0.1) is 98.8 Å². The van der Waals surface area contributed by atoms with Crippen LogP contribution in [0.3, 0.4) is 0 Å². The van der Waals surface area contributed by atoms with Gasteiger partial charge in [-0.05, 0) is 215 Å². The molecule has 0 radical (unpaired) electrons. The Balaban J connectivity index is 0.000000139. The molecule has 148 heavy (non-hydrogen) atoms. The fourth-order valence-electron chi connectivity index (χ4n) is 19.2. The predicted octanol–water partition coefficient (Wildman–Crippen LogP) is 8.42. The number of pyridine rings is 3. The van der Waals surface area contributed by atoms with Gasteiger partial charge in [0.25, 0.3) is 56.0 Å². The van der Waals surface area contributed by atoms with Gasteiger partial charge in [-0.1, -0.05) is 66.7 Å². The molecule has 5 atom stereocenters. The molecule has 43 nitrogen and oxygen atoms in total. The highest BCUT2D eigenvalue weighted by atomic mass is 32.2. The monoisotopic (exact) mass is 2130 g/mol. The van der Waals surface area contributed by atoms with E-state index in [1.807, 2.05) is 45.9 Å². The van der Waals surface area contributed by atoms with Crippen LogP contribution in [0.4, 0.5) is 20.1 Å². The number of nitrogens with one attached hydrogen (secondary N) is 3. The number of nitrogens with zero attached hydrogens (tertiary/aromatic N) is 13. The molecule has 3 aromatic heterocycles. The molecule has 0 bridgehead atoms. The molecule has 6 aromatic carbocycles. The Hall–Kier alpha value is -14.8. The van der Waals surface area contributed by atoms with E-state index in [0.717, 1.165) is 114 Å². The molecule has 0 saturated carbocycles. The van der Waals surface area contributed by atoms with Gasteiger partial charge in [-0.2, -0.15) is 0 Å². The Labute approximate surface area is 858 Å². The van der Waals surface area contributed by atoms with E-state index in [4.69, 9.17) is 52.4 Å². The van der Waals surface area contributed by atoms with Gasteiger partial charge in [-0.3, -0.25) is 24.5 Å². The normalized spacial score (nSPS) is 20.3. The molecule has 13 heterocycles. The number of phenolic OH excluding ortho intramolecular Hbond substituents is 2. The Morgan fingerprint density at radius 2 is 0.682 bits per heavy atom. The van der Waals surface area contributed by atoms with Crippen LogP contribution >= 0.6 is 0 Å². The van der Waals surface area contributed by atoms with Crippen LogP contribution in [-0.4, -0.2) is 253 Å². The van der Waals surface area contributed by atoms with E-state index in [9.17, 15) is 76.3 Å². The van der Waals surface area contributed by atoms with Gasteiger partial charge >= 0.3 is 18.1 Å². The number of rotatable bonds is 22. The number of aromatic hydroxyl groups is 2. The zero-order valence-corrected chi connectivity index (χ0v) is 85.4. The molecule has 1 unspecified atom stereocenters. The molecule has 10 aliphatic heterocycles. The van der Waals surface area contributed by atoms with Crippen molar-refractivity contribution in [2.24, 2.45) is 50.7 Å². The highest BCUT2D eigenvalue weighted by molar-refractivity contribution is 7.90. The van der Waals surface area contributed by atoms with Crippen molar-refractivity contribution in [3.8, 4) is 40.2 Å². The first-order valence-electron chi connectivity index (χ1n) is 48.6. The lowest BCUT2D eigenvalue weighted by Gasteiger charge is -2.36. The predicted molar refractivity (Wildman–Crippen MR) is 554 cm³/mol. The van der Waals surface area contributed by atoms with Crippen LogP contribution in [0.25, 0.3) is 0 Å². The number of amidine groups is 5. The van der Waals surface area contributed by atoms with Crippen molar-refractivity contribution in [2.75, 3.05) is 77.6 Å². The number of carbonyl (C=O) groups excluding carboxylic acids is 5. The first kappa shape index (κ1) is 107. The van der Waals surface area contributed by atoms with Gasteiger partial charge in [0.15, 0.2) is 0 Å². The molecular formula is C100H119N21O22S5. The average molecular weight is 2130 g/mol. The van der Waals surface area contributed by atoms with Crippen molar-refractivity contribution in [1.29, 1.82) is 0 Å². The van der Waals surface area contributed by atoms with Crippen LogP contribution in [0.15, 0.2) is 205 Å². The third kappa shape index (κ3) is 27.9. The number of benzene rings is 6. The first-order valence-corrected chi connectivity index (χ1v) is 56.6. The first-order chi connectivity index (χ1) is 70.9. The minimum Gasteiger partial charge on any atom is -0.508 e. The van der Waals surface area contributed by atoms with Gasteiger partial charge < -0.3 is 103 Å². The molecule has 5 saturated heterocycles. The summed E-state index contributed by atoms with van der Waals surface area (Å²) in [5.74, 6) is 0.309. The number of nitrogens with two attached hydrogens (primary N) is 5. The number of likely N-dealkylation sites (tertiary alicyclic amines) is 5. The third-order valence-electron chi connectivity index (χ3n) is 26.1. The minimum absolute atomic E-state index is 0.0309. The van der Waals surface area contributed by atoms with Gasteiger partial charge in [0.1, 0.15) is 102 Å². The molecular weight excluding hydrogens is 2010 g/mol. The fourth-order valence-corrected chi connectivity index (χ4v) is 24.6. The van der Waals surface area contributed by atoms with E-state index in [1.165, 1.54) is 12.1 Å². The van der Waals surface area contributed by atoms with E-state index in [0.29, 0.717) is 162 Å². The van der Waals surface area contributed by atoms with Crippen LogP contribution in [0.5, 0.6) is 40.2 Å². The Morgan fingerprint density at radius 3 is 1.03 bits per heavy atom. The third-order valence-corrected chi connectivity index (χ3v) is 31.9. The maximum Gasteiger partial charge on any atom is 0.322 e. The molecule has 19 rings (SSSR count). The SMILES string of the molecule is CCNC(=O)N1CCCCC1COc1cccc2c1C(N)=NS(=O)(=O)C2.NC1=NS(=O)(=O)Cc2cccc(OC[C@H]3CCCCN3C(=O)Cc3cccnc3)c21.NC1=NS(=O)(=O)Cc2cccc(OC[C@H]3CCCCN3C(=O)NCc3ccncc3)c21.NC1=NS(=O)(=O)Cc2cccc(OC[C@H]3CCCCN3C(=O)Nc3ccncc3)c21.NC1=NS(=O)(=O)Cc2cccc(OC[C@H]3CCCCN3C(=O)c3ccc(O)cc3O)c21. The van der Waals surface area contributed by atoms with Crippen molar-refractivity contribution < 1.29 is 100.0 Å². The zero-order valence-electron chi connectivity index (χ0n) is 81.3. The van der Waals surface area contributed by atoms with E-state index >= 15 is 0 Å². The van der Waals surface area contributed by atoms with E-state index in [-0.39, 0.29) is 148 Å². The average Bonchev–Trinajstić information content (AvgIpc) is 0.792. The van der Waals surface area contributed by atoms with Crippen LogP contribution in [0.1, 0.15) is 180 Å². The van der Waals surface area contributed by atoms with Crippen LogP contribution < -0.4 is 68.3 Å². The molecule has 48 heteroatoms. The summed E-state index contributed by atoms with van der Waals surface area (Å²) < 4.78 is 166. The molecule has 5 fully saturated rings. The highest BCUT2D eigenvalue weighted by Crippen LogP contribution is 2.38. The van der Waals surface area contributed by atoms with E-state index in [2.05, 4.69) is 52.9 Å². The van der Waals surface area contributed by atoms with Gasteiger partial charge in [-0.15, -0.1) is 22.0 Å². The van der Waals surface area contributed by atoms with Crippen molar-refractivity contribution in [3.05, 3.63) is 255 Å². The van der Waals surface area contributed by atoms with Gasteiger partial charge in [0.2, 0.25) is 5.91 Å². The minimum atomic E-state index is -3.64. The van der Waals surface area contributed by atoms with Crippen LogP contribution in [0.2, 0.25) is 0 Å². The molecule has 0 aliphatic carbocycles. The number of piperidine rings is 5. The summed E-state index contributed by atoms with van der Waals surface area (Å²) in [7, 11) is -18.0. The number of hydrogen-bond acceptors (Lipinski definition) is 30. The summed E-state index contributed by atoms with van der Waals surface area (Å²) in [6, 6.07) is 39.7. The van der Waals surface area contributed by atoms with Crippen LogP contribution in [-0.2, 0) is 96.6 Å². The lowest BCUT2D eigenvalue weighted by atomic mass is 10.0. The topological polar surface area (TPSA) is 626 Å². The zero-order chi connectivity index (χ0) is 105. The number of carbonyl (C=O) groups is 5. The summed E-state index contributed by atoms with van der Waals surface area (Å²) in [5.41, 5.74) is 37.5. The maximum absolute atomic E-state index is 13.0. The van der Waals surface area contributed by atoms with Crippen molar-refractivity contribution in [1.82, 2.24) is 50.1 Å². The quantitative estimate of drug-likeness (QED) is 0.0304. The molecule has 8 amide bonds. The number of aromatic nitrogens is 3. The van der Waals surface area contributed by atoms with Crippen molar-refractivity contribution >= 4 is 115 Å². The fraction of sp³-hybridized carbons (Fsp3) is 0.390. The maximum atomic E-state index is 13.0. The van der Waals surface area contributed by atoms with Crippen molar-refractivity contribution in [2.45, 2.75) is 175 Å². The molecule has 0 spiro atoms. The van der Waals surface area contributed by atoms with E-state index in [1.54, 1.807) is 150 Å². The molecule has 15 N–H and O–H groups in total. The summed E-state index contributed by atoms with van der Waals surface area (Å²) in [6.45, 7) is 7.50. The molecule has 9 aromatic rings. The number of phenols is 2. The second-order valence-corrected chi connectivity index (χ2v) is 44.9. The number of anilines is 1. The Kier molecular flexibility index (Phi) is 35.0. The lowest BCUT2D eigenvalue weighted by Crippen LogP contribution is -2.50. The second-order valence-electron chi connectivity index (χ2n) is 36.7. The van der Waals surface area contributed by atoms with Crippen LogP contribution in [0, 0.1) is 0 Å². The largest absolute Gasteiger partial charge is 0.508 e. The van der Waals surface area contributed by atoms with E-state index < -0.39 is 50.1 Å². The summed E-state index contributed by atoms with van der Waals surface area (Å²) in [6.07, 6.45) is 24.1. The second kappa shape index (κ2) is 48.3. The Morgan fingerprint density at radius 1 is 0.358 bits per heavy atom. The lowest BCUT2D eigenvalue weighted by molar-refractivity contribution is -0.134. The molecule has 786 valence electrons. The number of ether oxygens (including phenoxy) is 5. The standard InChI is InChI=1S/C21H25N5O4S.C21H24N4O4S.C21H23N3O6S.C20H23N5O4S.C17H24N4O4S/c22-20-19-16(14-31(28,29)25-20)4-3-6-18(19)30-13-17-5-1-2-11-26(17)21(27)24-12-15-7-9-23-10-8-15;22-21-20-16(14-30(27,28)24-21)6-3-8-18(20)29-13-17-7-1-2-10-25(17)19(26)11-15-5-4-9-23-12-15;22-20-19-13(12-31(28,29)23-20)4-3-6-18(19)30-11-14-5-1-2-9-24(14)21(27)16-8-7-15(25)10-17(16)26;21-19-18-14(13-30(27,28)24-19)4-3-6-17(18)29-12-16-5-1-2-11-25(16)20(26)23-15-7-9-22-10-8-15;1-2-19-17(22)21-9-4-3-7-13(21)10-25-14-8-5-6-12-11-26(23,24)20-16(18)15(12)14/h3-4,6-10,17H,1-2,5,11-14H2,(H2,22,25)(H,24,27);3-6,8-9,12,17H,1-2,7,10-11,13-14H2,(H2,22,24);3-4,6-8,10,14,25-26H,1-2,5,9,11-12H2,(H2,22,23);3-4,6-10,16H,1-2,5,11-13H2,(H2,21,24)(H,22,23,26);5-6,8,13H,2-4,7,9-11H2,1H3,(H2,18,20)(H,19,22)/t2*17-;14-;16-;/m1111./s1. The van der Waals surface area contributed by atoms with Gasteiger partial charge in [-0.25, -0.2) is 56.5 Å². The number of fused-ring (bicyclic) bond motifs is 5. The summed E-state index contributed by atoms with van der Waals surface area (Å²) >= 11 is 0. The molecule has 10 aliphatic rings. The summed E-state index contributed by atoms with van der Waals surface area (Å²) in [4.78, 5) is 84.7. The highest BCUT2D eigenvalue weighted by Gasteiger charge is 2.38. The smallest absolute Gasteiger partial charge is 0.322 e. The Bertz CT molecular complexity index is 6990. The number of hydrogen-bond donors (Lipinski definition) is 10. The van der Waals surface area contributed by atoms with Crippen molar-refractivity contribution in [3.63, 3.8) is 0 Å². The van der Waals surface area contributed by atoms with Gasteiger partial charge in [0, 0.05) is 94.7 Å².